The molecule has 4 bridgehead atoms. The molecule has 0 aromatic carbocycles. The molecule has 2 N–H and O–H groups in total. The van der Waals surface area contributed by atoms with Gasteiger partial charge < -0.3 is 15.5 Å². The number of carbonyl (C=O) groups excluding carboxylic acids is 1. The van der Waals surface area contributed by atoms with E-state index in [1.165, 1.54) is 19.3 Å². The van der Waals surface area contributed by atoms with E-state index in [1.807, 2.05) is 29.3 Å². The van der Waals surface area contributed by atoms with Gasteiger partial charge in [-0.1, -0.05) is 6.08 Å². The topological polar surface area (TPSA) is 47.6 Å². The Morgan fingerprint density at radius 3 is 2.35 bits per heavy atom. The molecule has 3 aliphatic heterocycles. The molecule has 0 spiro atoms. The Labute approximate surface area is 182 Å². The van der Waals surface area contributed by atoms with Crippen molar-refractivity contribution in [3.05, 3.63) is 35.8 Å². The zero-order valence-electron chi connectivity index (χ0n) is 18.0. The number of hydrogen-bond acceptors (Lipinski definition) is 4. The summed E-state index contributed by atoms with van der Waals surface area (Å²) < 4.78 is 27.1. The summed E-state index contributed by atoms with van der Waals surface area (Å²) in [5, 5.41) is 6.94. The van der Waals surface area contributed by atoms with Crippen molar-refractivity contribution >= 4 is 5.91 Å². The SMILES string of the molecule is O=C(NC12CC3CC(CC(C3)C1)C2)C1NC(CN2CCC(F)(F)CC2)=C2C=CC=CN21. The van der Waals surface area contributed by atoms with E-state index in [4.69, 9.17) is 0 Å². The van der Waals surface area contributed by atoms with Crippen molar-refractivity contribution in [1.82, 2.24) is 20.4 Å². The van der Waals surface area contributed by atoms with Gasteiger partial charge in [-0.2, -0.15) is 0 Å². The highest BCUT2D eigenvalue weighted by Gasteiger charge is 2.52. The minimum absolute atomic E-state index is 0.0236. The van der Waals surface area contributed by atoms with Crippen LogP contribution in [0, 0.1) is 17.8 Å². The highest BCUT2D eigenvalue weighted by Crippen LogP contribution is 2.55. The molecule has 7 rings (SSSR count). The number of alkyl halides is 2. The summed E-state index contributed by atoms with van der Waals surface area (Å²) in [4.78, 5) is 17.6. The first kappa shape index (κ1) is 19.8. The predicted molar refractivity (Wildman–Crippen MR) is 114 cm³/mol. The van der Waals surface area contributed by atoms with Crippen LogP contribution in [0.5, 0.6) is 0 Å². The summed E-state index contributed by atoms with van der Waals surface area (Å²) in [6, 6.07) is 0. The molecule has 7 aliphatic rings. The molecule has 1 unspecified atom stereocenters. The van der Waals surface area contributed by atoms with Gasteiger partial charge >= 0.3 is 0 Å². The Bertz CT molecular complexity index is 818. The average Bonchev–Trinajstić information content (AvgIpc) is 3.07. The maximum Gasteiger partial charge on any atom is 0.264 e. The van der Waals surface area contributed by atoms with E-state index in [9.17, 15) is 13.6 Å². The van der Waals surface area contributed by atoms with Crippen molar-refractivity contribution in [2.24, 2.45) is 17.8 Å². The Morgan fingerprint density at radius 2 is 1.71 bits per heavy atom. The number of fused-ring (bicyclic) bond motifs is 1. The highest BCUT2D eigenvalue weighted by atomic mass is 19.3. The Morgan fingerprint density at radius 1 is 1.06 bits per heavy atom. The largest absolute Gasteiger partial charge is 0.358 e. The Balaban J connectivity index is 1.16. The number of allylic oxidation sites excluding steroid dienone is 3. The summed E-state index contributed by atoms with van der Waals surface area (Å²) in [7, 11) is 0. The van der Waals surface area contributed by atoms with E-state index in [0.29, 0.717) is 19.6 Å². The van der Waals surface area contributed by atoms with Crippen LogP contribution in [0.3, 0.4) is 0 Å². The molecule has 1 amide bonds. The smallest absolute Gasteiger partial charge is 0.264 e. The van der Waals surface area contributed by atoms with Crippen molar-refractivity contribution in [2.75, 3.05) is 19.6 Å². The summed E-state index contributed by atoms with van der Waals surface area (Å²) in [6.07, 6.45) is 14.7. The third-order valence-corrected chi connectivity index (χ3v) is 8.43. The molecule has 5 fully saturated rings. The van der Waals surface area contributed by atoms with Crippen molar-refractivity contribution in [1.29, 1.82) is 0 Å². The van der Waals surface area contributed by atoms with Crippen LogP contribution in [0.25, 0.3) is 0 Å². The second kappa shape index (κ2) is 7.06. The molecule has 7 heteroatoms. The molecule has 1 saturated heterocycles. The summed E-state index contributed by atoms with van der Waals surface area (Å²) >= 11 is 0. The number of likely N-dealkylation sites (tertiary alicyclic amines) is 1. The van der Waals surface area contributed by atoms with Gasteiger partial charge in [0.1, 0.15) is 0 Å². The van der Waals surface area contributed by atoms with E-state index in [0.717, 1.165) is 48.4 Å². The first-order valence-corrected chi connectivity index (χ1v) is 11.9. The fraction of sp³-hybridized carbons (Fsp3) is 0.708. The fourth-order valence-corrected chi connectivity index (χ4v) is 7.42. The van der Waals surface area contributed by atoms with Gasteiger partial charge in [0.15, 0.2) is 6.17 Å². The molecule has 4 aliphatic carbocycles. The van der Waals surface area contributed by atoms with Crippen LogP contribution >= 0.6 is 0 Å². The van der Waals surface area contributed by atoms with E-state index in [2.05, 4.69) is 15.5 Å². The van der Waals surface area contributed by atoms with Gasteiger partial charge in [-0.05, 0) is 68.4 Å². The maximum atomic E-state index is 13.5. The lowest BCUT2D eigenvalue weighted by Gasteiger charge is -2.57. The van der Waals surface area contributed by atoms with Crippen molar-refractivity contribution in [3.8, 4) is 0 Å². The minimum Gasteiger partial charge on any atom is -0.358 e. The molecule has 4 saturated carbocycles. The number of amides is 1. The van der Waals surface area contributed by atoms with Gasteiger partial charge in [0.05, 0.1) is 11.4 Å². The van der Waals surface area contributed by atoms with E-state index in [-0.39, 0.29) is 24.3 Å². The van der Waals surface area contributed by atoms with E-state index >= 15 is 0 Å². The fourth-order valence-electron chi connectivity index (χ4n) is 7.42. The number of rotatable bonds is 4. The molecule has 0 radical (unpaired) electrons. The first-order chi connectivity index (χ1) is 14.9. The quantitative estimate of drug-likeness (QED) is 0.718. The average molecular weight is 431 g/mol. The van der Waals surface area contributed by atoms with Gasteiger partial charge in [-0.25, -0.2) is 8.78 Å². The second-order valence-corrected chi connectivity index (χ2v) is 10.8. The number of carbonyl (C=O) groups is 1. The predicted octanol–water partition coefficient (Wildman–Crippen LogP) is 3.33. The molecule has 0 aromatic heterocycles. The standard InChI is InChI=1S/C24H32F2N4O/c25-24(26)4-7-29(8-5-24)15-19-20-3-1-2-6-30(20)21(27-19)22(31)28-23-12-16-9-17(13-23)11-18(10-16)14-23/h1-3,6,16-18,21,27H,4-5,7-15H2,(H,28,31). The first-order valence-electron chi connectivity index (χ1n) is 11.9. The molecule has 3 heterocycles. The molecule has 31 heavy (non-hydrogen) atoms. The zero-order chi connectivity index (χ0) is 21.2. The van der Waals surface area contributed by atoms with Gasteiger partial charge in [0.25, 0.3) is 11.8 Å². The van der Waals surface area contributed by atoms with E-state index < -0.39 is 12.1 Å². The number of hydrogen-bond donors (Lipinski definition) is 2. The Hall–Kier alpha value is -1.89. The molecule has 1 atom stereocenters. The monoisotopic (exact) mass is 430 g/mol. The van der Waals surface area contributed by atoms with Crippen LogP contribution in [-0.2, 0) is 4.79 Å². The number of nitrogens with zero attached hydrogens (tertiary/aromatic N) is 2. The third-order valence-electron chi connectivity index (χ3n) is 8.43. The van der Waals surface area contributed by atoms with Crippen LogP contribution in [0.2, 0.25) is 0 Å². The minimum atomic E-state index is -2.54. The number of piperidine rings is 1. The van der Waals surface area contributed by atoms with Crippen LogP contribution < -0.4 is 10.6 Å². The second-order valence-electron chi connectivity index (χ2n) is 10.8. The number of halogens is 2. The lowest BCUT2D eigenvalue weighted by Crippen LogP contribution is -2.63. The molecule has 168 valence electrons. The molecular formula is C24H32F2N4O. The van der Waals surface area contributed by atoms with Gasteiger partial charge in [-0.15, -0.1) is 0 Å². The van der Waals surface area contributed by atoms with Crippen LogP contribution in [0.1, 0.15) is 51.4 Å². The highest BCUT2D eigenvalue weighted by molar-refractivity contribution is 5.84. The lowest BCUT2D eigenvalue weighted by molar-refractivity contribution is -0.131. The third kappa shape index (κ3) is 3.59. The Kier molecular flexibility index (Phi) is 4.50. The van der Waals surface area contributed by atoms with Crippen LogP contribution in [0.4, 0.5) is 8.78 Å². The van der Waals surface area contributed by atoms with Crippen LogP contribution in [0.15, 0.2) is 35.8 Å². The van der Waals surface area contributed by atoms with Gasteiger partial charge in [0, 0.05) is 44.2 Å². The van der Waals surface area contributed by atoms with Gasteiger partial charge in [0.2, 0.25) is 0 Å². The molecule has 0 aromatic rings. The molecular weight excluding hydrogens is 398 g/mol. The number of nitrogens with one attached hydrogen (secondary N) is 2. The van der Waals surface area contributed by atoms with Crippen LogP contribution in [-0.4, -0.2) is 53.0 Å². The molecule has 5 nitrogen and oxygen atoms in total. The van der Waals surface area contributed by atoms with Crippen molar-refractivity contribution in [3.63, 3.8) is 0 Å². The summed E-state index contributed by atoms with van der Waals surface area (Å²) in [5.74, 6) is -0.163. The van der Waals surface area contributed by atoms with Crippen molar-refractivity contribution < 1.29 is 13.6 Å². The van der Waals surface area contributed by atoms with Gasteiger partial charge in [-0.3, -0.25) is 9.69 Å². The zero-order valence-corrected chi connectivity index (χ0v) is 18.0. The summed E-state index contributed by atoms with van der Waals surface area (Å²) in [6.45, 7) is 1.34. The maximum absolute atomic E-state index is 13.5. The normalized spacial score (nSPS) is 40.3. The summed E-state index contributed by atoms with van der Waals surface area (Å²) in [5.41, 5.74) is 1.91. The lowest BCUT2D eigenvalue weighted by atomic mass is 9.53. The van der Waals surface area contributed by atoms with Crippen molar-refractivity contribution in [2.45, 2.75) is 69.0 Å². The van der Waals surface area contributed by atoms with E-state index in [1.54, 1.807) is 0 Å².